The molecule has 7 nitrogen and oxygen atoms in total. The standard InChI is InChI=1S/C23H17ClN2O5S/c24-18-5-1-2-6-19(18)26-21(28)16-8-7-14(12-17(16)22(26)29)23(30)31-13-20(27)25-10-9-15-4-3-11-32-15/h1-8,11-12H,9-10,13H2,(H,25,27). The van der Waals surface area contributed by atoms with Crippen LogP contribution in [0.25, 0.3) is 0 Å². The van der Waals surface area contributed by atoms with Gasteiger partial charge in [-0.15, -0.1) is 11.3 Å². The average Bonchev–Trinajstić information content (AvgIpc) is 3.39. The van der Waals surface area contributed by atoms with Gasteiger partial charge in [0.05, 0.1) is 27.4 Å². The van der Waals surface area contributed by atoms with Crippen molar-refractivity contribution in [1.82, 2.24) is 5.32 Å². The minimum atomic E-state index is -0.766. The van der Waals surface area contributed by atoms with Crippen molar-refractivity contribution in [3.8, 4) is 0 Å². The van der Waals surface area contributed by atoms with Gasteiger partial charge in [-0.3, -0.25) is 14.4 Å². The molecule has 0 saturated carbocycles. The quantitative estimate of drug-likeness (QED) is 0.421. The van der Waals surface area contributed by atoms with Crippen LogP contribution in [0.2, 0.25) is 5.02 Å². The number of para-hydroxylation sites is 1. The number of nitrogens with zero attached hydrogens (tertiary/aromatic N) is 1. The Balaban J connectivity index is 1.39. The minimum absolute atomic E-state index is 0.0669. The van der Waals surface area contributed by atoms with Crippen LogP contribution in [0.5, 0.6) is 0 Å². The summed E-state index contributed by atoms with van der Waals surface area (Å²) >= 11 is 7.74. The van der Waals surface area contributed by atoms with Gasteiger partial charge in [0.15, 0.2) is 6.61 Å². The molecule has 3 amide bonds. The van der Waals surface area contributed by atoms with Crippen molar-refractivity contribution in [3.63, 3.8) is 0 Å². The Kier molecular flexibility index (Phi) is 6.34. The van der Waals surface area contributed by atoms with Gasteiger partial charge in [-0.25, -0.2) is 9.69 Å². The smallest absolute Gasteiger partial charge is 0.338 e. The first-order valence-corrected chi connectivity index (χ1v) is 10.9. The number of benzene rings is 2. The van der Waals surface area contributed by atoms with E-state index in [4.69, 9.17) is 16.3 Å². The zero-order valence-electron chi connectivity index (χ0n) is 16.7. The summed E-state index contributed by atoms with van der Waals surface area (Å²) in [6.45, 7) is -0.0107. The highest BCUT2D eigenvalue weighted by molar-refractivity contribution is 7.09. The molecule has 0 unspecified atom stereocenters. The zero-order chi connectivity index (χ0) is 22.7. The Morgan fingerprint density at radius 3 is 2.53 bits per heavy atom. The van der Waals surface area contributed by atoms with Gasteiger partial charge >= 0.3 is 5.97 Å². The highest BCUT2D eigenvalue weighted by atomic mass is 35.5. The monoisotopic (exact) mass is 468 g/mol. The molecule has 0 aliphatic carbocycles. The Labute approximate surface area is 192 Å². The lowest BCUT2D eigenvalue weighted by molar-refractivity contribution is -0.124. The fourth-order valence-electron chi connectivity index (χ4n) is 3.27. The number of anilines is 1. The van der Waals surface area contributed by atoms with Gasteiger partial charge in [-0.2, -0.15) is 0 Å². The molecule has 0 saturated heterocycles. The molecule has 1 aliphatic rings. The molecule has 3 aromatic rings. The van der Waals surface area contributed by atoms with E-state index in [0.717, 1.165) is 9.78 Å². The summed E-state index contributed by atoms with van der Waals surface area (Å²) in [5.74, 6) is -2.30. The number of thiophene rings is 1. The summed E-state index contributed by atoms with van der Waals surface area (Å²) in [4.78, 5) is 52.0. The van der Waals surface area contributed by atoms with Gasteiger partial charge in [-0.1, -0.05) is 29.8 Å². The molecule has 4 rings (SSSR count). The van der Waals surface area contributed by atoms with Crippen molar-refractivity contribution in [3.05, 3.63) is 86.6 Å². The maximum Gasteiger partial charge on any atom is 0.338 e. The molecule has 0 bridgehead atoms. The molecule has 0 spiro atoms. The first kappa shape index (κ1) is 21.7. The van der Waals surface area contributed by atoms with Crippen LogP contribution in [-0.4, -0.2) is 36.8 Å². The fraction of sp³-hybridized carbons (Fsp3) is 0.130. The lowest BCUT2D eigenvalue weighted by Gasteiger charge is -2.15. The van der Waals surface area contributed by atoms with Crippen LogP contribution >= 0.6 is 22.9 Å². The van der Waals surface area contributed by atoms with E-state index in [2.05, 4.69) is 5.32 Å². The van der Waals surface area contributed by atoms with Gasteiger partial charge in [0, 0.05) is 11.4 Å². The largest absolute Gasteiger partial charge is 0.452 e. The number of halogens is 1. The Bertz CT molecular complexity index is 1210. The van der Waals surface area contributed by atoms with E-state index in [0.29, 0.717) is 13.0 Å². The third-order valence-corrected chi connectivity index (χ3v) is 6.08. The Morgan fingerprint density at radius 1 is 1.00 bits per heavy atom. The van der Waals surface area contributed by atoms with Crippen LogP contribution in [0.4, 0.5) is 5.69 Å². The van der Waals surface area contributed by atoms with Gasteiger partial charge in [-0.05, 0) is 48.2 Å². The van der Waals surface area contributed by atoms with E-state index in [1.54, 1.807) is 35.6 Å². The molecule has 1 aromatic heterocycles. The molecule has 2 aromatic carbocycles. The summed E-state index contributed by atoms with van der Waals surface area (Å²) in [6, 6.07) is 14.5. The van der Waals surface area contributed by atoms with Crippen LogP contribution in [-0.2, 0) is 16.0 Å². The van der Waals surface area contributed by atoms with Gasteiger partial charge in [0.1, 0.15) is 0 Å². The predicted molar refractivity (Wildman–Crippen MR) is 120 cm³/mol. The van der Waals surface area contributed by atoms with E-state index in [-0.39, 0.29) is 27.4 Å². The number of imide groups is 1. The van der Waals surface area contributed by atoms with Crippen molar-refractivity contribution in [2.45, 2.75) is 6.42 Å². The first-order valence-electron chi connectivity index (χ1n) is 9.69. The summed E-state index contributed by atoms with van der Waals surface area (Å²) in [5.41, 5.74) is 0.573. The predicted octanol–water partition coefficient (Wildman–Crippen LogP) is 3.72. The Hall–Kier alpha value is -3.49. The van der Waals surface area contributed by atoms with Crippen molar-refractivity contribution in [2.24, 2.45) is 0 Å². The lowest BCUT2D eigenvalue weighted by atomic mass is 10.1. The second-order valence-electron chi connectivity index (χ2n) is 6.91. The molecule has 9 heteroatoms. The van der Waals surface area contributed by atoms with Gasteiger partial charge in [0.25, 0.3) is 17.7 Å². The molecule has 1 N–H and O–H groups in total. The third kappa shape index (κ3) is 4.42. The molecule has 0 fully saturated rings. The number of carbonyl (C=O) groups excluding carboxylic acids is 4. The van der Waals surface area contributed by atoms with Crippen LogP contribution in [0, 0.1) is 0 Å². The molecule has 162 valence electrons. The summed E-state index contributed by atoms with van der Waals surface area (Å²) < 4.78 is 5.05. The molecule has 32 heavy (non-hydrogen) atoms. The van der Waals surface area contributed by atoms with Gasteiger partial charge in [0.2, 0.25) is 0 Å². The number of esters is 1. The zero-order valence-corrected chi connectivity index (χ0v) is 18.2. The summed E-state index contributed by atoms with van der Waals surface area (Å²) in [5, 5.41) is 4.90. The molecular weight excluding hydrogens is 452 g/mol. The summed E-state index contributed by atoms with van der Waals surface area (Å²) in [6.07, 6.45) is 0.695. The normalized spacial score (nSPS) is 12.6. The number of fused-ring (bicyclic) bond motifs is 1. The van der Waals surface area contributed by atoms with E-state index in [1.165, 1.54) is 18.2 Å². The fourth-order valence-corrected chi connectivity index (χ4v) is 4.19. The molecule has 0 atom stereocenters. The van der Waals surface area contributed by atoms with Crippen molar-refractivity contribution in [2.75, 3.05) is 18.1 Å². The van der Waals surface area contributed by atoms with Crippen LogP contribution in [0.1, 0.15) is 36.0 Å². The molecule has 2 heterocycles. The van der Waals surface area contributed by atoms with Crippen LogP contribution in [0.3, 0.4) is 0 Å². The van der Waals surface area contributed by atoms with Crippen molar-refractivity contribution < 1.29 is 23.9 Å². The first-order chi connectivity index (χ1) is 15.5. The van der Waals surface area contributed by atoms with E-state index < -0.39 is 30.3 Å². The number of amides is 3. The third-order valence-electron chi connectivity index (χ3n) is 4.82. The number of rotatable bonds is 7. The molecular formula is C23H17ClN2O5S. The van der Waals surface area contributed by atoms with E-state index in [1.807, 2.05) is 17.5 Å². The lowest BCUT2D eigenvalue weighted by Crippen LogP contribution is -2.30. The second-order valence-corrected chi connectivity index (χ2v) is 8.35. The SMILES string of the molecule is O=C(COC(=O)c1ccc2c(c1)C(=O)N(c1ccccc1Cl)C2=O)NCCc1cccs1. The topological polar surface area (TPSA) is 92.8 Å². The average molecular weight is 469 g/mol. The minimum Gasteiger partial charge on any atom is -0.452 e. The number of carbonyl (C=O) groups is 4. The highest BCUT2D eigenvalue weighted by Crippen LogP contribution is 2.33. The number of nitrogens with one attached hydrogen (secondary N) is 1. The maximum atomic E-state index is 12.8. The van der Waals surface area contributed by atoms with Crippen molar-refractivity contribution >= 4 is 52.3 Å². The van der Waals surface area contributed by atoms with Gasteiger partial charge < -0.3 is 10.1 Å². The Morgan fingerprint density at radius 2 is 1.78 bits per heavy atom. The van der Waals surface area contributed by atoms with E-state index in [9.17, 15) is 19.2 Å². The van der Waals surface area contributed by atoms with Crippen LogP contribution < -0.4 is 10.2 Å². The number of hydrogen-bond acceptors (Lipinski definition) is 6. The summed E-state index contributed by atoms with van der Waals surface area (Å²) in [7, 11) is 0. The number of ether oxygens (including phenoxy) is 1. The van der Waals surface area contributed by atoms with Crippen molar-refractivity contribution in [1.29, 1.82) is 0 Å². The molecule has 1 aliphatic heterocycles. The number of hydrogen-bond donors (Lipinski definition) is 1. The second kappa shape index (κ2) is 9.33. The van der Waals surface area contributed by atoms with Crippen LogP contribution in [0.15, 0.2) is 60.0 Å². The maximum absolute atomic E-state index is 12.8. The highest BCUT2D eigenvalue weighted by Gasteiger charge is 2.38. The molecule has 0 radical (unpaired) electrons. The van der Waals surface area contributed by atoms with E-state index >= 15 is 0 Å².